The second-order valence-corrected chi connectivity index (χ2v) is 8.40. The third-order valence-electron chi connectivity index (χ3n) is 4.18. The van der Waals surface area contributed by atoms with E-state index in [9.17, 15) is 4.79 Å². The second-order valence-electron chi connectivity index (χ2n) is 6.00. The van der Waals surface area contributed by atoms with Crippen LogP contribution in [0.2, 0.25) is 0 Å². The maximum Gasteiger partial charge on any atom is 0.228 e. The fraction of sp³-hybridized carbons (Fsp3) is 0.444. The number of rotatable bonds is 4. The third kappa shape index (κ3) is 4.36. The molecule has 0 radical (unpaired) electrons. The van der Waals surface area contributed by atoms with E-state index < -0.39 is 0 Å². The Labute approximate surface area is 146 Å². The predicted molar refractivity (Wildman–Crippen MR) is 97.2 cm³/mol. The Kier molecular flexibility index (Phi) is 5.38. The zero-order valence-electron chi connectivity index (χ0n) is 13.6. The van der Waals surface area contributed by atoms with E-state index in [-0.39, 0.29) is 5.91 Å². The number of piperidine rings is 1. The van der Waals surface area contributed by atoms with Gasteiger partial charge in [0.05, 0.1) is 17.1 Å². The van der Waals surface area contributed by atoms with E-state index in [2.05, 4.69) is 36.2 Å². The van der Waals surface area contributed by atoms with Crippen LogP contribution in [0, 0.1) is 13.8 Å². The lowest BCUT2D eigenvalue weighted by molar-refractivity contribution is -0.131. The number of hydrogen-bond donors (Lipinski definition) is 0. The Balaban J connectivity index is 1.50. The fourth-order valence-electron chi connectivity index (χ4n) is 2.85. The van der Waals surface area contributed by atoms with E-state index in [1.165, 1.54) is 10.5 Å². The van der Waals surface area contributed by atoms with Crippen molar-refractivity contribution in [2.45, 2.75) is 43.3 Å². The minimum atomic E-state index is 0.217. The van der Waals surface area contributed by atoms with Crippen LogP contribution < -0.4 is 0 Å². The molecular formula is C18H22N2OS2. The van der Waals surface area contributed by atoms with E-state index in [0.717, 1.165) is 36.6 Å². The number of benzene rings is 1. The monoisotopic (exact) mass is 346 g/mol. The van der Waals surface area contributed by atoms with Crippen LogP contribution in [0.3, 0.4) is 0 Å². The van der Waals surface area contributed by atoms with Gasteiger partial charge in [0, 0.05) is 28.6 Å². The number of thioether (sulfide) groups is 1. The molecule has 1 fully saturated rings. The van der Waals surface area contributed by atoms with E-state index >= 15 is 0 Å². The van der Waals surface area contributed by atoms with Crippen LogP contribution in [-0.4, -0.2) is 34.1 Å². The highest BCUT2D eigenvalue weighted by molar-refractivity contribution is 8.00. The van der Waals surface area contributed by atoms with Crippen LogP contribution in [0.1, 0.15) is 29.1 Å². The number of thiazole rings is 1. The molecule has 2 heterocycles. The minimum absolute atomic E-state index is 0.217. The molecular weight excluding hydrogens is 324 g/mol. The molecule has 0 saturated carbocycles. The van der Waals surface area contributed by atoms with Gasteiger partial charge in [-0.25, -0.2) is 4.98 Å². The van der Waals surface area contributed by atoms with Crippen molar-refractivity contribution in [2.24, 2.45) is 0 Å². The van der Waals surface area contributed by atoms with Crippen LogP contribution in [0.15, 0.2) is 34.5 Å². The molecule has 5 heteroatoms. The number of carbonyl (C=O) groups excluding carboxylic acids is 1. The molecule has 0 unspecified atom stereocenters. The van der Waals surface area contributed by atoms with Gasteiger partial charge in [-0.15, -0.1) is 23.1 Å². The zero-order chi connectivity index (χ0) is 16.2. The molecule has 0 spiro atoms. The molecule has 0 aliphatic carbocycles. The van der Waals surface area contributed by atoms with Gasteiger partial charge in [-0.3, -0.25) is 4.79 Å². The van der Waals surface area contributed by atoms with Crippen molar-refractivity contribution in [3.63, 3.8) is 0 Å². The maximum absolute atomic E-state index is 12.4. The summed E-state index contributed by atoms with van der Waals surface area (Å²) < 4.78 is 0. The van der Waals surface area contributed by atoms with Gasteiger partial charge in [-0.05, 0) is 38.3 Å². The summed E-state index contributed by atoms with van der Waals surface area (Å²) in [4.78, 5) is 20.1. The lowest BCUT2D eigenvalue weighted by Gasteiger charge is -2.31. The van der Waals surface area contributed by atoms with Gasteiger partial charge in [-0.2, -0.15) is 0 Å². The molecule has 1 amide bonds. The SMILES string of the molecule is Cc1nc(CC(=O)N2CCC(Sc3ccccc3C)CC2)cs1. The lowest BCUT2D eigenvalue weighted by Crippen LogP contribution is -2.40. The van der Waals surface area contributed by atoms with Crippen LogP contribution in [0.4, 0.5) is 0 Å². The Morgan fingerprint density at radius 3 is 2.70 bits per heavy atom. The predicted octanol–water partition coefficient (Wildman–Crippen LogP) is 4.09. The highest BCUT2D eigenvalue weighted by atomic mass is 32.2. The number of likely N-dealkylation sites (tertiary alicyclic amines) is 1. The first kappa shape index (κ1) is 16.5. The van der Waals surface area contributed by atoms with Gasteiger partial charge >= 0.3 is 0 Å². The summed E-state index contributed by atoms with van der Waals surface area (Å²) in [5.74, 6) is 0.217. The Bertz CT molecular complexity index is 675. The molecule has 1 aromatic carbocycles. The van der Waals surface area contributed by atoms with Gasteiger partial charge in [-0.1, -0.05) is 18.2 Å². The van der Waals surface area contributed by atoms with Crippen molar-refractivity contribution in [3.05, 3.63) is 45.9 Å². The van der Waals surface area contributed by atoms with Crippen LogP contribution in [-0.2, 0) is 11.2 Å². The Morgan fingerprint density at radius 2 is 2.04 bits per heavy atom. The summed E-state index contributed by atoms with van der Waals surface area (Å²) in [7, 11) is 0. The van der Waals surface area contributed by atoms with Gasteiger partial charge in [0.2, 0.25) is 5.91 Å². The number of nitrogens with zero attached hydrogens (tertiary/aromatic N) is 2. The van der Waals surface area contributed by atoms with Crippen LogP contribution in [0.25, 0.3) is 0 Å². The van der Waals surface area contributed by atoms with Gasteiger partial charge in [0.25, 0.3) is 0 Å². The number of aromatic nitrogens is 1. The molecule has 0 N–H and O–H groups in total. The van der Waals surface area contributed by atoms with Crippen molar-refractivity contribution >= 4 is 29.0 Å². The molecule has 1 aromatic heterocycles. The number of carbonyl (C=O) groups is 1. The summed E-state index contributed by atoms with van der Waals surface area (Å²) >= 11 is 3.57. The molecule has 23 heavy (non-hydrogen) atoms. The summed E-state index contributed by atoms with van der Waals surface area (Å²) in [5.41, 5.74) is 2.25. The Hall–Kier alpha value is -1.33. The Morgan fingerprint density at radius 1 is 1.30 bits per heavy atom. The first-order chi connectivity index (χ1) is 11.1. The van der Waals surface area contributed by atoms with E-state index in [1.54, 1.807) is 11.3 Å². The smallest absolute Gasteiger partial charge is 0.228 e. The van der Waals surface area contributed by atoms with Gasteiger partial charge < -0.3 is 4.90 Å². The van der Waals surface area contributed by atoms with Crippen LogP contribution >= 0.6 is 23.1 Å². The standard InChI is InChI=1S/C18H22N2OS2/c1-13-5-3-4-6-17(13)23-16-7-9-20(10-8-16)18(21)11-15-12-22-14(2)19-15/h3-6,12,16H,7-11H2,1-2H3. The molecule has 0 atom stereocenters. The first-order valence-corrected chi connectivity index (χ1v) is 9.79. The fourth-order valence-corrected chi connectivity index (χ4v) is 4.68. The number of amides is 1. The number of hydrogen-bond acceptors (Lipinski definition) is 4. The molecule has 0 bridgehead atoms. The second kappa shape index (κ2) is 7.49. The minimum Gasteiger partial charge on any atom is -0.342 e. The average Bonchev–Trinajstić information content (AvgIpc) is 2.95. The third-order valence-corrected chi connectivity index (χ3v) is 6.52. The van der Waals surface area contributed by atoms with Crippen molar-refractivity contribution in [2.75, 3.05) is 13.1 Å². The van der Waals surface area contributed by atoms with Crippen molar-refractivity contribution in [1.29, 1.82) is 0 Å². The van der Waals surface area contributed by atoms with E-state index in [4.69, 9.17) is 0 Å². The van der Waals surface area contributed by atoms with E-state index in [1.807, 2.05) is 29.0 Å². The van der Waals surface area contributed by atoms with Crippen molar-refractivity contribution in [1.82, 2.24) is 9.88 Å². The first-order valence-electron chi connectivity index (χ1n) is 8.03. The molecule has 1 aliphatic rings. The molecule has 1 saturated heterocycles. The van der Waals surface area contributed by atoms with Gasteiger partial charge in [0.15, 0.2) is 0 Å². The molecule has 122 valence electrons. The molecule has 3 nitrogen and oxygen atoms in total. The largest absolute Gasteiger partial charge is 0.342 e. The maximum atomic E-state index is 12.4. The van der Waals surface area contributed by atoms with Crippen molar-refractivity contribution < 1.29 is 4.79 Å². The van der Waals surface area contributed by atoms with Crippen LogP contribution in [0.5, 0.6) is 0 Å². The topological polar surface area (TPSA) is 33.2 Å². The normalized spacial score (nSPS) is 15.8. The lowest BCUT2D eigenvalue weighted by atomic mass is 10.1. The van der Waals surface area contributed by atoms with Gasteiger partial charge in [0.1, 0.15) is 0 Å². The van der Waals surface area contributed by atoms with Crippen molar-refractivity contribution in [3.8, 4) is 0 Å². The molecule has 2 aromatic rings. The molecule has 3 rings (SSSR count). The summed E-state index contributed by atoms with van der Waals surface area (Å²) in [6.45, 7) is 5.88. The molecule has 1 aliphatic heterocycles. The summed E-state index contributed by atoms with van der Waals surface area (Å²) in [5, 5.41) is 3.64. The number of aryl methyl sites for hydroxylation is 2. The quantitative estimate of drug-likeness (QED) is 0.836. The highest BCUT2D eigenvalue weighted by Gasteiger charge is 2.24. The summed E-state index contributed by atoms with van der Waals surface area (Å²) in [6.07, 6.45) is 2.58. The van der Waals surface area contributed by atoms with E-state index in [0.29, 0.717) is 11.7 Å². The highest BCUT2D eigenvalue weighted by Crippen LogP contribution is 2.32. The zero-order valence-corrected chi connectivity index (χ0v) is 15.3. The summed E-state index contributed by atoms with van der Waals surface area (Å²) in [6, 6.07) is 8.55. The average molecular weight is 347 g/mol.